The van der Waals surface area contributed by atoms with Crippen LogP contribution in [0.25, 0.3) is 10.9 Å². The van der Waals surface area contributed by atoms with E-state index < -0.39 is 11.2 Å². The molecule has 8 heteroatoms. The smallest absolute Gasteiger partial charge is 0.202 e. The Bertz CT molecular complexity index is 1360. The number of pyridine rings is 1. The molecule has 0 saturated heterocycles. The third-order valence-corrected chi connectivity index (χ3v) is 7.69. The summed E-state index contributed by atoms with van der Waals surface area (Å²) in [7, 11) is 0. The summed E-state index contributed by atoms with van der Waals surface area (Å²) in [5.41, 5.74) is 6.94. The van der Waals surface area contributed by atoms with Gasteiger partial charge in [-0.2, -0.15) is 0 Å². The van der Waals surface area contributed by atoms with E-state index in [-0.39, 0.29) is 33.6 Å². The molecule has 1 aromatic heterocycles. The van der Waals surface area contributed by atoms with Crippen LogP contribution in [0.2, 0.25) is 0 Å². The average Bonchev–Trinajstić information content (AvgIpc) is 3.35. The highest BCUT2D eigenvalue weighted by atomic mass is 19.1. The second-order valence-corrected chi connectivity index (χ2v) is 9.87. The van der Waals surface area contributed by atoms with Gasteiger partial charge in [0.05, 0.1) is 27.7 Å². The molecule has 3 aromatic rings. The number of benzene rings is 2. The predicted molar refractivity (Wildman–Crippen MR) is 142 cm³/mol. The van der Waals surface area contributed by atoms with Gasteiger partial charge in [-0.1, -0.05) is 31.0 Å². The number of nitrogen functional groups attached to an aromatic ring is 1. The number of fused-ring (bicyclic) bond motifs is 1. The number of carbonyl (C=O) groups is 1. The summed E-state index contributed by atoms with van der Waals surface area (Å²) in [5.74, 6) is -0.760. The Balaban J connectivity index is 1.51. The Morgan fingerprint density at radius 1 is 1.25 bits per heavy atom. The molecule has 2 heterocycles. The molecule has 0 bridgehead atoms. The van der Waals surface area contributed by atoms with E-state index in [1.165, 1.54) is 6.92 Å². The Kier molecular flexibility index (Phi) is 6.36. The van der Waals surface area contributed by atoms with Gasteiger partial charge in [0.2, 0.25) is 5.43 Å². The van der Waals surface area contributed by atoms with Crippen molar-refractivity contribution in [3.63, 3.8) is 0 Å². The Morgan fingerprint density at radius 3 is 2.64 bits per heavy atom. The maximum absolute atomic E-state index is 15.6. The molecule has 1 aliphatic carbocycles. The molecule has 1 fully saturated rings. The van der Waals surface area contributed by atoms with Gasteiger partial charge in [-0.25, -0.2) is 4.39 Å². The van der Waals surface area contributed by atoms with Gasteiger partial charge in [0.25, 0.3) is 0 Å². The fraction of sp³-hybridized carbons (Fsp3) is 0.429. The van der Waals surface area contributed by atoms with Crippen molar-refractivity contribution in [3.05, 3.63) is 58.1 Å². The van der Waals surface area contributed by atoms with Crippen molar-refractivity contribution < 1.29 is 13.9 Å². The largest absolute Gasteiger partial charge is 0.487 e. The van der Waals surface area contributed by atoms with Crippen molar-refractivity contribution in [3.8, 4) is 5.75 Å². The minimum absolute atomic E-state index is 0.0351. The van der Waals surface area contributed by atoms with Crippen molar-refractivity contribution in [1.82, 2.24) is 4.57 Å². The molecular weight excluding hydrogens is 459 g/mol. The van der Waals surface area contributed by atoms with E-state index in [9.17, 15) is 9.59 Å². The van der Waals surface area contributed by atoms with Crippen molar-refractivity contribution >= 4 is 33.7 Å². The molecule has 1 saturated carbocycles. The zero-order valence-corrected chi connectivity index (χ0v) is 20.9. The van der Waals surface area contributed by atoms with Crippen molar-refractivity contribution in [2.24, 2.45) is 0 Å². The lowest BCUT2D eigenvalue weighted by Crippen LogP contribution is -2.42. The first kappa shape index (κ1) is 24.2. The molecule has 36 heavy (non-hydrogen) atoms. The lowest BCUT2D eigenvalue weighted by atomic mass is 9.93. The van der Waals surface area contributed by atoms with E-state index in [1.807, 2.05) is 22.8 Å². The Hall–Kier alpha value is -3.55. The van der Waals surface area contributed by atoms with Crippen molar-refractivity contribution in [2.45, 2.75) is 51.5 Å². The van der Waals surface area contributed by atoms with Gasteiger partial charge in [0, 0.05) is 31.5 Å². The summed E-state index contributed by atoms with van der Waals surface area (Å²) < 4.78 is 23.8. The van der Waals surface area contributed by atoms with Gasteiger partial charge in [-0.05, 0) is 45.2 Å². The highest BCUT2D eigenvalue weighted by Crippen LogP contribution is 2.48. The molecule has 7 nitrogen and oxygen atoms in total. The summed E-state index contributed by atoms with van der Waals surface area (Å²) in [6.45, 7) is 5.99. The van der Waals surface area contributed by atoms with Gasteiger partial charge in [-0.3, -0.25) is 9.59 Å². The highest BCUT2D eigenvalue weighted by molar-refractivity contribution is 6.04. The summed E-state index contributed by atoms with van der Waals surface area (Å²) in [6, 6.07) is 10.2. The first-order valence-corrected chi connectivity index (χ1v) is 12.8. The number of hydrogen-bond donors (Lipinski definition) is 2. The van der Waals surface area contributed by atoms with Crippen LogP contribution in [0.4, 0.5) is 21.5 Å². The third-order valence-electron chi connectivity index (χ3n) is 7.69. The summed E-state index contributed by atoms with van der Waals surface area (Å²) in [6.07, 6.45) is 6.20. The SMILES string of the molecule is CCN(CCCNc1c(F)c(N)c2c(=O)c(C(C)=O)cn3c2c1OCC31CCCC1)c1ccccc1. The molecule has 0 atom stereocenters. The normalized spacial score (nSPS) is 15.8. The quantitative estimate of drug-likeness (QED) is 0.264. The van der Waals surface area contributed by atoms with Crippen molar-refractivity contribution in [1.29, 1.82) is 0 Å². The zero-order valence-electron chi connectivity index (χ0n) is 20.9. The van der Waals surface area contributed by atoms with Crippen LogP contribution in [-0.4, -0.2) is 36.6 Å². The number of halogens is 1. The second-order valence-electron chi connectivity index (χ2n) is 9.87. The summed E-state index contributed by atoms with van der Waals surface area (Å²) in [4.78, 5) is 27.8. The van der Waals surface area contributed by atoms with Crippen LogP contribution in [-0.2, 0) is 5.54 Å². The van der Waals surface area contributed by atoms with Crippen LogP contribution in [0.1, 0.15) is 56.3 Å². The molecule has 1 aliphatic heterocycles. The van der Waals surface area contributed by atoms with Crippen LogP contribution < -0.4 is 26.1 Å². The van der Waals surface area contributed by atoms with E-state index in [0.717, 1.165) is 50.9 Å². The van der Waals surface area contributed by atoms with Crippen LogP contribution in [0.15, 0.2) is 41.3 Å². The first-order valence-electron chi connectivity index (χ1n) is 12.8. The fourth-order valence-electron chi connectivity index (χ4n) is 5.76. The maximum Gasteiger partial charge on any atom is 0.202 e. The number of hydrogen-bond acceptors (Lipinski definition) is 6. The average molecular weight is 493 g/mol. The first-order chi connectivity index (χ1) is 17.4. The predicted octanol–water partition coefficient (Wildman–Crippen LogP) is 4.92. The minimum atomic E-state index is -0.709. The summed E-state index contributed by atoms with van der Waals surface area (Å²) in [5, 5.41) is 3.24. The second kappa shape index (κ2) is 9.48. The number of carbonyl (C=O) groups excluding carboxylic acids is 1. The molecular formula is C28H33FN4O3. The summed E-state index contributed by atoms with van der Waals surface area (Å²) >= 11 is 0. The van der Waals surface area contributed by atoms with Crippen LogP contribution in [0, 0.1) is 5.82 Å². The lowest BCUT2D eigenvalue weighted by Gasteiger charge is -2.39. The monoisotopic (exact) mass is 492 g/mol. The maximum atomic E-state index is 15.6. The number of aromatic nitrogens is 1. The fourth-order valence-corrected chi connectivity index (χ4v) is 5.76. The third kappa shape index (κ3) is 3.88. The van der Waals surface area contributed by atoms with E-state index in [0.29, 0.717) is 24.4 Å². The number of nitrogens with two attached hydrogens (primary N) is 1. The zero-order chi connectivity index (χ0) is 25.4. The van der Waals surface area contributed by atoms with Crippen LogP contribution in [0.5, 0.6) is 5.75 Å². The topological polar surface area (TPSA) is 89.6 Å². The standard InChI is InChI=1S/C28H33FN4O3/c1-3-32(19-10-5-4-6-11-19)15-9-14-31-24-22(29)23(30)21-25-27(24)36-17-28(12-7-8-13-28)33(25)16-20(18(2)34)26(21)35/h4-6,10-11,16,31H,3,7-9,12-15,17,30H2,1-2H3. The molecule has 1 spiro atoms. The minimum Gasteiger partial charge on any atom is -0.487 e. The highest BCUT2D eigenvalue weighted by Gasteiger charge is 2.42. The Labute approximate surface area is 210 Å². The Morgan fingerprint density at radius 2 is 1.97 bits per heavy atom. The van der Waals surface area contributed by atoms with E-state index in [2.05, 4.69) is 29.3 Å². The van der Waals surface area contributed by atoms with Gasteiger partial charge in [-0.15, -0.1) is 0 Å². The number of nitrogens with zero attached hydrogens (tertiary/aromatic N) is 2. The molecule has 0 unspecified atom stereocenters. The number of Topliss-reactive ketones (excluding diaryl/α,β-unsaturated/α-hetero) is 1. The van der Waals surface area contributed by atoms with Crippen LogP contribution in [0.3, 0.4) is 0 Å². The van der Waals surface area contributed by atoms with E-state index >= 15 is 4.39 Å². The molecule has 0 amide bonds. The molecule has 2 aromatic carbocycles. The van der Waals surface area contributed by atoms with Gasteiger partial charge in [0.15, 0.2) is 17.3 Å². The molecule has 2 aliphatic rings. The van der Waals surface area contributed by atoms with Crippen LogP contribution >= 0.6 is 0 Å². The number of anilines is 3. The molecule has 5 rings (SSSR count). The lowest BCUT2D eigenvalue weighted by molar-refractivity contribution is 0.101. The van der Waals surface area contributed by atoms with Gasteiger partial charge >= 0.3 is 0 Å². The number of ether oxygens (including phenoxy) is 1. The number of para-hydroxylation sites is 1. The van der Waals surface area contributed by atoms with Gasteiger partial charge < -0.3 is 25.3 Å². The van der Waals surface area contributed by atoms with Gasteiger partial charge in [0.1, 0.15) is 12.3 Å². The number of ketones is 1. The van der Waals surface area contributed by atoms with E-state index in [1.54, 1.807) is 6.20 Å². The number of nitrogens with one attached hydrogen (secondary N) is 1. The van der Waals surface area contributed by atoms with Crippen molar-refractivity contribution in [2.75, 3.05) is 42.2 Å². The molecule has 190 valence electrons. The number of rotatable bonds is 8. The molecule has 3 N–H and O–H groups in total. The molecule has 0 radical (unpaired) electrons. The van der Waals surface area contributed by atoms with E-state index in [4.69, 9.17) is 10.5 Å².